The summed E-state index contributed by atoms with van der Waals surface area (Å²) in [5.74, 6) is 1.70. The second kappa shape index (κ2) is 11.3. The van der Waals surface area contributed by atoms with Crippen molar-refractivity contribution >= 4 is 24.3 Å². The number of nitrogens with zero attached hydrogens (tertiary/aromatic N) is 1. The molecule has 3 aromatic rings. The van der Waals surface area contributed by atoms with Gasteiger partial charge >= 0.3 is 35.6 Å². The van der Waals surface area contributed by atoms with Crippen molar-refractivity contribution in [3.8, 4) is 11.5 Å². The van der Waals surface area contributed by atoms with Crippen LogP contribution in [0.2, 0.25) is 0 Å². The summed E-state index contributed by atoms with van der Waals surface area (Å²) in [6, 6.07) is 24.2. The summed E-state index contributed by atoms with van der Waals surface area (Å²) in [5.41, 5.74) is 4.55. The Labute approximate surface area is 172 Å². The SMILES string of the molecule is Cc1cccc(C)c1[N-]Cc1ccccc1Oc1ccccc1.[Cl][Ti][Cl]. The van der Waals surface area contributed by atoms with E-state index in [-0.39, 0.29) is 0 Å². The Morgan fingerprint density at radius 3 is 2.04 bits per heavy atom. The van der Waals surface area contributed by atoms with Crippen LogP contribution in [0, 0.1) is 13.8 Å². The average molecular weight is 421 g/mol. The molecule has 5 heteroatoms. The fourth-order valence-electron chi connectivity index (χ4n) is 2.57. The van der Waals surface area contributed by atoms with Gasteiger partial charge in [-0.3, -0.25) is 0 Å². The third-order valence-electron chi connectivity index (χ3n) is 3.79. The number of halogens is 2. The van der Waals surface area contributed by atoms with E-state index in [1.54, 1.807) is 0 Å². The number of aryl methyl sites for hydroxylation is 2. The van der Waals surface area contributed by atoms with Crippen LogP contribution in [0.5, 0.6) is 11.5 Å². The zero-order valence-electron chi connectivity index (χ0n) is 14.7. The number of rotatable bonds is 5. The first-order valence-electron chi connectivity index (χ1n) is 8.16. The minimum atomic E-state index is -0.556. The molecule has 3 rings (SSSR count). The monoisotopic (exact) mass is 420 g/mol. The Morgan fingerprint density at radius 2 is 1.38 bits per heavy atom. The van der Waals surface area contributed by atoms with E-state index in [4.69, 9.17) is 28.7 Å². The predicted octanol–water partition coefficient (Wildman–Crippen LogP) is 7.68. The van der Waals surface area contributed by atoms with Crippen molar-refractivity contribution in [3.05, 3.63) is 94.8 Å². The molecule has 0 bridgehead atoms. The van der Waals surface area contributed by atoms with Crippen molar-refractivity contribution in [2.24, 2.45) is 0 Å². The molecule has 2 nitrogen and oxygen atoms in total. The van der Waals surface area contributed by atoms with Crippen LogP contribution in [-0.2, 0) is 23.6 Å². The molecule has 26 heavy (non-hydrogen) atoms. The molecule has 134 valence electrons. The number of ether oxygens (including phenoxy) is 1. The first-order valence-corrected chi connectivity index (χ1v) is 12.5. The van der Waals surface area contributed by atoms with Crippen molar-refractivity contribution in [1.82, 2.24) is 0 Å². The van der Waals surface area contributed by atoms with Gasteiger partial charge < -0.3 is 10.1 Å². The van der Waals surface area contributed by atoms with Crippen LogP contribution in [0.4, 0.5) is 5.69 Å². The number of hydrogen-bond acceptors (Lipinski definition) is 1. The molecule has 0 aliphatic carbocycles. The molecular formula is C21H20Cl2NOTi-. The molecule has 0 saturated carbocycles. The van der Waals surface area contributed by atoms with Gasteiger partial charge in [0.2, 0.25) is 0 Å². The molecule has 0 N–H and O–H groups in total. The Bertz CT molecular complexity index is 792. The van der Waals surface area contributed by atoms with Crippen molar-refractivity contribution < 1.29 is 21.8 Å². The van der Waals surface area contributed by atoms with E-state index in [1.807, 2.05) is 48.5 Å². The Morgan fingerprint density at radius 1 is 0.808 bits per heavy atom. The van der Waals surface area contributed by atoms with Crippen LogP contribution in [0.1, 0.15) is 16.7 Å². The maximum atomic E-state index is 6.00. The quantitative estimate of drug-likeness (QED) is 0.388. The van der Waals surface area contributed by atoms with Crippen molar-refractivity contribution in [3.63, 3.8) is 0 Å². The molecule has 0 heterocycles. The van der Waals surface area contributed by atoms with E-state index in [2.05, 4.69) is 38.1 Å². The second-order valence-corrected chi connectivity index (χ2v) is 8.23. The zero-order chi connectivity index (χ0) is 18.8. The van der Waals surface area contributed by atoms with Crippen molar-refractivity contribution in [2.75, 3.05) is 0 Å². The average Bonchev–Trinajstić information content (AvgIpc) is 2.64. The van der Waals surface area contributed by atoms with E-state index in [0.29, 0.717) is 6.54 Å². The topological polar surface area (TPSA) is 23.3 Å². The standard InChI is InChI=1S/C21H20NO.2ClH.Ti/c1-16-9-8-10-17(2)21(16)22-15-18-11-6-7-14-20(18)23-19-12-4-3-5-13-19;;;/h3-14H,15H2,1-2H3;2*1H;/q-1;;;+2/p-2. The summed E-state index contributed by atoms with van der Waals surface area (Å²) in [4.78, 5) is 0. The van der Waals surface area contributed by atoms with Gasteiger partial charge in [0.25, 0.3) is 0 Å². The normalized spacial score (nSPS) is 9.69. The molecule has 0 saturated heterocycles. The van der Waals surface area contributed by atoms with E-state index in [0.717, 1.165) is 22.7 Å². The Balaban J connectivity index is 0.000000758. The maximum absolute atomic E-state index is 6.00. The molecule has 0 spiro atoms. The third kappa shape index (κ3) is 6.37. The predicted molar refractivity (Wildman–Crippen MR) is 107 cm³/mol. The minimum absolute atomic E-state index is 0.556. The molecule has 0 aliphatic rings. The molecule has 0 unspecified atom stereocenters. The number of hydrogen-bond donors (Lipinski definition) is 0. The fraction of sp³-hybridized carbons (Fsp3) is 0.143. The summed E-state index contributed by atoms with van der Waals surface area (Å²) in [7, 11) is 9.78. The Kier molecular flexibility index (Phi) is 9.07. The zero-order valence-corrected chi connectivity index (χ0v) is 17.8. The van der Waals surface area contributed by atoms with Gasteiger partial charge in [-0.25, -0.2) is 0 Å². The van der Waals surface area contributed by atoms with Gasteiger partial charge in [0.1, 0.15) is 11.5 Å². The number of benzene rings is 3. The van der Waals surface area contributed by atoms with Gasteiger partial charge in [-0.05, 0) is 37.6 Å². The van der Waals surface area contributed by atoms with Gasteiger partial charge in [0.05, 0.1) is 0 Å². The first-order chi connectivity index (χ1) is 12.7. The van der Waals surface area contributed by atoms with Crippen molar-refractivity contribution in [1.29, 1.82) is 0 Å². The van der Waals surface area contributed by atoms with Crippen LogP contribution in [0.25, 0.3) is 5.32 Å². The van der Waals surface area contributed by atoms with Crippen LogP contribution < -0.4 is 4.74 Å². The van der Waals surface area contributed by atoms with Gasteiger partial charge in [0.15, 0.2) is 0 Å². The third-order valence-corrected chi connectivity index (χ3v) is 3.79. The van der Waals surface area contributed by atoms with Crippen LogP contribution in [0.3, 0.4) is 0 Å². The molecule has 0 atom stereocenters. The van der Waals surface area contributed by atoms with E-state index in [1.165, 1.54) is 11.1 Å². The van der Waals surface area contributed by atoms with Crippen LogP contribution in [0.15, 0.2) is 72.8 Å². The summed E-state index contributed by atoms with van der Waals surface area (Å²) in [6.07, 6.45) is 0. The summed E-state index contributed by atoms with van der Waals surface area (Å²) in [6.45, 7) is 4.80. The van der Waals surface area contributed by atoms with Crippen LogP contribution in [-0.4, -0.2) is 0 Å². The summed E-state index contributed by atoms with van der Waals surface area (Å²) in [5, 5.41) is 4.80. The molecule has 0 fully saturated rings. The van der Waals surface area contributed by atoms with Crippen molar-refractivity contribution in [2.45, 2.75) is 20.4 Å². The molecular weight excluding hydrogens is 401 g/mol. The molecule has 0 radical (unpaired) electrons. The van der Waals surface area contributed by atoms with Crippen LogP contribution >= 0.6 is 18.6 Å². The first kappa shape index (κ1) is 20.9. The van der Waals surface area contributed by atoms with E-state index >= 15 is 0 Å². The van der Waals surface area contributed by atoms with Gasteiger partial charge in [-0.2, -0.15) is 0 Å². The van der Waals surface area contributed by atoms with Gasteiger partial charge in [0, 0.05) is 0 Å². The second-order valence-electron chi connectivity index (χ2n) is 5.65. The fourth-order valence-corrected chi connectivity index (χ4v) is 2.57. The number of para-hydroxylation sites is 3. The summed E-state index contributed by atoms with van der Waals surface area (Å²) >= 11 is -0.556. The molecule has 0 amide bonds. The van der Waals surface area contributed by atoms with E-state index < -0.39 is 17.0 Å². The summed E-state index contributed by atoms with van der Waals surface area (Å²) < 4.78 is 6.00. The van der Waals surface area contributed by atoms with Gasteiger partial charge in [-0.15, -0.1) is 12.2 Å². The molecule has 0 aromatic heterocycles. The van der Waals surface area contributed by atoms with Gasteiger partial charge in [-0.1, -0.05) is 65.7 Å². The molecule has 0 aliphatic heterocycles. The van der Waals surface area contributed by atoms with E-state index in [9.17, 15) is 0 Å². The molecule has 3 aromatic carbocycles. The Hall–Kier alpha value is -1.45.